The summed E-state index contributed by atoms with van der Waals surface area (Å²) in [6.07, 6.45) is 0. The van der Waals surface area contributed by atoms with Gasteiger partial charge >= 0.3 is 5.97 Å². The van der Waals surface area contributed by atoms with Gasteiger partial charge in [0.15, 0.2) is 0 Å². The van der Waals surface area contributed by atoms with Gasteiger partial charge in [0.2, 0.25) is 0 Å². The van der Waals surface area contributed by atoms with Gasteiger partial charge in [-0.15, -0.1) is 12.6 Å². The van der Waals surface area contributed by atoms with Crippen LogP contribution in [0.3, 0.4) is 0 Å². The van der Waals surface area contributed by atoms with Gasteiger partial charge in [0.1, 0.15) is 11.6 Å². The van der Waals surface area contributed by atoms with Crippen LogP contribution >= 0.6 is 24.2 Å². The molecule has 0 saturated carbocycles. The zero-order valence-corrected chi connectivity index (χ0v) is 5.50. The van der Waals surface area contributed by atoms with E-state index < -0.39 is 5.97 Å². The van der Waals surface area contributed by atoms with Crippen LogP contribution in [0.15, 0.2) is 9.94 Å². The van der Waals surface area contributed by atoms with Crippen molar-refractivity contribution < 1.29 is 9.53 Å². The number of esters is 1. The largest absolute Gasteiger partial charge is 0.456 e. The molecule has 1 rings (SSSR count). The van der Waals surface area contributed by atoms with E-state index in [0.29, 0.717) is 4.91 Å². The second-order valence-corrected chi connectivity index (χ2v) is 2.25. The first-order valence-electron chi connectivity index (χ1n) is 1.96. The van der Waals surface area contributed by atoms with Crippen molar-refractivity contribution in [1.29, 1.82) is 0 Å². The maximum Gasteiger partial charge on any atom is 0.351 e. The van der Waals surface area contributed by atoms with Gasteiger partial charge < -0.3 is 4.74 Å². The molecule has 0 radical (unpaired) electrons. The third-order valence-electron chi connectivity index (χ3n) is 0.773. The molecule has 0 aromatic heterocycles. The highest BCUT2D eigenvalue weighted by Gasteiger charge is 2.19. The lowest BCUT2D eigenvalue weighted by molar-refractivity contribution is -0.135. The fraction of sp³-hybridized carbons (Fsp3) is 0.250. The van der Waals surface area contributed by atoms with Crippen molar-refractivity contribution >= 4 is 30.2 Å². The first kappa shape index (κ1) is 5.98. The molecule has 1 heterocycles. The molecule has 0 aliphatic carbocycles. The number of hydrogen-bond acceptors (Lipinski definition) is 3. The van der Waals surface area contributed by atoms with Crippen molar-refractivity contribution in [3.05, 3.63) is 9.94 Å². The number of cyclic esters (lactones) is 1. The zero-order chi connectivity index (χ0) is 6.15. The Balaban J connectivity index is 2.86. The highest BCUT2D eigenvalue weighted by Crippen LogP contribution is 2.21. The van der Waals surface area contributed by atoms with Crippen molar-refractivity contribution in [1.82, 2.24) is 0 Å². The number of thiol groups is 1. The molecular formula is C4H3ClO2S. The molecule has 0 saturated heterocycles. The van der Waals surface area contributed by atoms with E-state index >= 15 is 0 Å². The van der Waals surface area contributed by atoms with Gasteiger partial charge in [-0.1, -0.05) is 11.6 Å². The summed E-state index contributed by atoms with van der Waals surface area (Å²) in [5.74, 6) is -0.475. The molecule has 4 heteroatoms. The normalized spacial score (nSPS) is 19.5. The molecule has 1 aliphatic rings. The van der Waals surface area contributed by atoms with Gasteiger partial charge in [-0.3, -0.25) is 0 Å². The van der Waals surface area contributed by atoms with Crippen molar-refractivity contribution in [2.45, 2.75) is 0 Å². The van der Waals surface area contributed by atoms with E-state index in [2.05, 4.69) is 17.4 Å². The molecule has 44 valence electrons. The summed E-state index contributed by atoms with van der Waals surface area (Å²) in [6.45, 7) is 0.223. The number of carbonyl (C=O) groups excluding carboxylic acids is 1. The average Bonchev–Trinajstić information content (AvgIpc) is 1.98. The van der Waals surface area contributed by atoms with Gasteiger partial charge in [-0.25, -0.2) is 4.79 Å². The van der Waals surface area contributed by atoms with Gasteiger partial charge in [0.05, 0.1) is 0 Å². The van der Waals surface area contributed by atoms with E-state index in [1.54, 1.807) is 0 Å². The van der Waals surface area contributed by atoms with Crippen molar-refractivity contribution in [2.24, 2.45) is 0 Å². The molecule has 0 N–H and O–H groups in total. The minimum absolute atomic E-state index is 0.105. The molecule has 0 bridgehead atoms. The number of hydrogen-bond donors (Lipinski definition) is 1. The lowest BCUT2D eigenvalue weighted by Crippen LogP contribution is -1.93. The van der Waals surface area contributed by atoms with Crippen LogP contribution in [0.5, 0.6) is 0 Å². The van der Waals surface area contributed by atoms with Crippen LogP contribution in [0.2, 0.25) is 0 Å². The molecule has 0 amide bonds. The topological polar surface area (TPSA) is 26.3 Å². The van der Waals surface area contributed by atoms with Crippen LogP contribution in [0.4, 0.5) is 0 Å². The maximum atomic E-state index is 10.3. The van der Waals surface area contributed by atoms with Gasteiger partial charge in [0, 0.05) is 4.91 Å². The van der Waals surface area contributed by atoms with E-state index in [0.717, 1.165) is 0 Å². The standard InChI is InChI=1S/C4H3ClO2S/c5-3-2(8)1-7-4(3)6/h8H,1H2. The monoisotopic (exact) mass is 150 g/mol. The molecule has 0 atom stereocenters. The summed E-state index contributed by atoms with van der Waals surface area (Å²) in [7, 11) is 0. The molecule has 8 heavy (non-hydrogen) atoms. The minimum atomic E-state index is -0.475. The Hall–Kier alpha value is -0.150. The lowest BCUT2D eigenvalue weighted by atomic mass is 10.6. The number of rotatable bonds is 0. The number of carbonyl (C=O) groups is 1. The van der Waals surface area contributed by atoms with Crippen LogP contribution < -0.4 is 0 Å². The first-order chi connectivity index (χ1) is 3.72. The molecule has 0 fully saturated rings. The van der Waals surface area contributed by atoms with Gasteiger partial charge in [-0.2, -0.15) is 0 Å². The van der Waals surface area contributed by atoms with Crippen molar-refractivity contribution in [3.8, 4) is 0 Å². The minimum Gasteiger partial charge on any atom is -0.456 e. The Kier molecular flexibility index (Phi) is 1.49. The Morgan fingerprint density at radius 3 is 2.50 bits per heavy atom. The third kappa shape index (κ3) is 0.833. The Morgan fingerprint density at radius 2 is 2.38 bits per heavy atom. The van der Waals surface area contributed by atoms with E-state index in [9.17, 15) is 4.79 Å². The summed E-state index contributed by atoms with van der Waals surface area (Å²) in [4.78, 5) is 10.8. The maximum absolute atomic E-state index is 10.3. The molecule has 0 aromatic carbocycles. The van der Waals surface area contributed by atoms with Crippen LogP contribution in [0, 0.1) is 0 Å². The van der Waals surface area contributed by atoms with E-state index in [-0.39, 0.29) is 11.6 Å². The second kappa shape index (κ2) is 1.99. The number of ether oxygens (including phenoxy) is 1. The van der Waals surface area contributed by atoms with E-state index in [4.69, 9.17) is 11.6 Å². The van der Waals surface area contributed by atoms with Crippen LogP contribution in [0.25, 0.3) is 0 Å². The zero-order valence-electron chi connectivity index (χ0n) is 3.85. The van der Waals surface area contributed by atoms with E-state index in [1.165, 1.54) is 0 Å². The lowest BCUT2D eigenvalue weighted by Gasteiger charge is -1.84. The summed E-state index contributed by atoms with van der Waals surface area (Å²) in [6, 6.07) is 0. The third-order valence-corrected chi connectivity index (χ3v) is 1.64. The summed E-state index contributed by atoms with van der Waals surface area (Å²) in [5.41, 5.74) is 0. The Morgan fingerprint density at radius 1 is 1.75 bits per heavy atom. The SMILES string of the molecule is O=C1OCC(S)=C1Cl. The fourth-order valence-electron chi connectivity index (χ4n) is 0.378. The van der Waals surface area contributed by atoms with Crippen molar-refractivity contribution in [2.75, 3.05) is 6.61 Å². The molecule has 2 nitrogen and oxygen atoms in total. The predicted molar refractivity (Wildman–Crippen MR) is 32.8 cm³/mol. The summed E-state index contributed by atoms with van der Waals surface area (Å²) < 4.78 is 4.46. The van der Waals surface area contributed by atoms with Crippen LogP contribution in [0.1, 0.15) is 0 Å². The second-order valence-electron chi connectivity index (χ2n) is 1.34. The average molecular weight is 151 g/mol. The quantitative estimate of drug-likeness (QED) is 0.411. The highest BCUT2D eigenvalue weighted by molar-refractivity contribution is 7.84. The number of halogens is 1. The van der Waals surface area contributed by atoms with Gasteiger partial charge in [-0.05, 0) is 0 Å². The summed E-state index contributed by atoms with van der Waals surface area (Å²) >= 11 is 9.19. The first-order valence-corrected chi connectivity index (χ1v) is 2.79. The Labute approximate surface area is 56.9 Å². The predicted octanol–water partition coefficient (Wildman–Crippen LogP) is 0.923. The molecule has 0 spiro atoms. The van der Waals surface area contributed by atoms with E-state index in [1.807, 2.05) is 0 Å². The molecule has 0 unspecified atom stereocenters. The summed E-state index contributed by atoms with van der Waals surface area (Å²) in [5, 5.41) is 0.105. The van der Waals surface area contributed by atoms with Gasteiger partial charge in [0.25, 0.3) is 0 Å². The molecule has 0 aromatic rings. The highest BCUT2D eigenvalue weighted by atomic mass is 35.5. The Bertz CT molecular complexity index is 163. The van der Waals surface area contributed by atoms with Crippen molar-refractivity contribution in [3.63, 3.8) is 0 Å². The van der Waals surface area contributed by atoms with Crippen LogP contribution in [-0.4, -0.2) is 12.6 Å². The molecular weight excluding hydrogens is 148 g/mol. The van der Waals surface area contributed by atoms with Crippen LogP contribution in [-0.2, 0) is 9.53 Å². The smallest absolute Gasteiger partial charge is 0.351 e. The fourth-order valence-corrected chi connectivity index (χ4v) is 0.643. The molecule has 1 aliphatic heterocycles.